The van der Waals surface area contributed by atoms with Crippen LogP contribution in [0.25, 0.3) is 0 Å². The number of aromatic nitrogens is 1. The van der Waals surface area contributed by atoms with Gasteiger partial charge >= 0.3 is 0 Å². The first-order chi connectivity index (χ1) is 21.4. The molecule has 262 valence electrons. The van der Waals surface area contributed by atoms with Crippen LogP contribution in [0, 0.1) is 12.3 Å². The second-order valence-corrected chi connectivity index (χ2v) is 9.78. The molecule has 0 N–H and O–H groups in total. The molecule has 4 nitrogen and oxygen atoms in total. The first-order valence-electron chi connectivity index (χ1n) is 16.5. The molecule has 1 atom stereocenters. The molecular weight excluding hydrogens is 552 g/mol. The fourth-order valence-corrected chi connectivity index (χ4v) is 2.39. The highest BCUT2D eigenvalue weighted by Crippen LogP contribution is 2.27. The maximum atomic E-state index is 10.8. The molecular formula is C41H76N2O2. The molecule has 0 aliphatic rings. The molecule has 0 aliphatic carbocycles. The van der Waals surface area contributed by atoms with Crippen molar-refractivity contribution < 1.29 is 9.53 Å². The minimum atomic E-state index is -0.0502. The summed E-state index contributed by atoms with van der Waals surface area (Å²) in [6.07, 6.45) is 12.6. The number of amides is 1. The van der Waals surface area contributed by atoms with Crippen molar-refractivity contribution in [2.75, 3.05) is 7.05 Å². The first kappa shape index (κ1) is 57.3. The van der Waals surface area contributed by atoms with Crippen LogP contribution in [0.3, 0.4) is 0 Å². The molecule has 0 unspecified atom stereocenters. The zero-order valence-electron chi connectivity index (χ0n) is 32.8. The van der Waals surface area contributed by atoms with Crippen molar-refractivity contribution in [1.82, 2.24) is 9.88 Å². The van der Waals surface area contributed by atoms with Crippen molar-refractivity contribution >= 4 is 6.41 Å². The van der Waals surface area contributed by atoms with Gasteiger partial charge in [0.15, 0.2) is 0 Å². The monoisotopic (exact) mass is 629 g/mol. The van der Waals surface area contributed by atoms with Crippen LogP contribution in [0.4, 0.5) is 0 Å². The van der Waals surface area contributed by atoms with E-state index in [1.54, 1.807) is 24.3 Å². The molecule has 1 heterocycles. The highest BCUT2D eigenvalue weighted by Gasteiger charge is 2.11. The lowest BCUT2D eigenvalue weighted by Crippen LogP contribution is -2.16. The Labute approximate surface area is 283 Å². The summed E-state index contributed by atoms with van der Waals surface area (Å²) in [6.45, 7) is 47.1. The van der Waals surface area contributed by atoms with Gasteiger partial charge in [0.25, 0.3) is 0 Å². The predicted octanol–water partition coefficient (Wildman–Crippen LogP) is 13.4. The molecule has 4 heteroatoms. The van der Waals surface area contributed by atoms with Gasteiger partial charge in [0, 0.05) is 26.0 Å². The Morgan fingerprint density at radius 1 is 0.889 bits per heavy atom. The third kappa shape index (κ3) is 47.7. The van der Waals surface area contributed by atoms with Gasteiger partial charge in [-0.1, -0.05) is 113 Å². The number of pyridine rings is 1. The van der Waals surface area contributed by atoms with Gasteiger partial charge in [-0.3, -0.25) is 9.78 Å². The molecule has 1 amide bonds. The zero-order valence-corrected chi connectivity index (χ0v) is 32.8. The lowest BCUT2D eigenvalue weighted by molar-refractivity contribution is -0.117. The van der Waals surface area contributed by atoms with Gasteiger partial charge in [-0.15, -0.1) is 32.9 Å². The largest absolute Gasteiger partial charge is 0.486 e. The smallest absolute Gasteiger partial charge is 0.209 e. The molecule has 45 heavy (non-hydrogen) atoms. The van der Waals surface area contributed by atoms with Crippen LogP contribution < -0.4 is 4.74 Å². The number of benzene rings is 1. The topological polar surface area (TPSA) is 42.4 Å². The summed E-state index contributed by atoms with van der Waals surface area (Å²) >= 11 is 0. The van der Waals surface area contributed by atoms with Gasteiger partial charge in [-0.2, -0.15) is 0 Å². The fourth-order valence-electron chi connectivity index (χ4n) is 2.39. The molecule has 2 rings (SSSR count). The Kier molecular flexibility index (Phi) is 60.5. The number of nitrogens with zero attached hydrogens (tertiary/aromatic N) is 2. The molecule has 2 aromatic rings. The van der Waals surface area contributed by atoms with Crippen molar-refractivity contribution in [2.45, 2.75) is 129 Å². The molecule has 0 bridgehead atoms. The molecule has 0 radical (unpaired) electrons. The molecule has 1 aromatic carbocycles. The van der Waals surface area contributed by atoms with Crippen LogP contribution >= 0.6 is 0 Å². The zero-order chi connectivity index (χ0) is 37.3. The van der Waals surface area contributed by atoms with E-state index in [9.17, 15) is 4.79 Å². The molecule has 0 aliphatic heterocycles. The minimum Gasteiger partial charge on any atom is -0.486 e. The number of ether oxygens (including phenoxy) is 1. The van der Waals surface area contributed by atoms with Gasteiger partial charge in [0.05, 0.1) is 0 Å². The van der Waals surface area contributed by atoms with Crippen LogP contribution in [0.1, 0.15) is 133 Å². The molecule has 0 spiro atoms. The number of hydrogen-bond acceptors (Lipinski definition) is 3. The van der Waals surface area contributed by atoms with Crippen LogP contribution in [0.2, 0.25) is 0 Å². The van der Waals surface area contributed by atoms with E-state index < -0.39 is 0 Å². The second kappa shape index (κ2) is 47.5. The normalized spacial score (nSPS) is 9.07. The van der Waals surface area contributed by atoms with E-state index in [1.165, 1.54) is 0 Å². The Morgan fingerprint density at radius 3 is 1.62 bits per heavy atom. The summed E-state index contributed by atoms with van der Waals surface area (Å²) in [5.41, 5.74) is 3.73. The summed E-state index contributed by atoms with van der Waals surface area (Å²) in [5, 5.41) is 0. The average Bonchev–Trinajstić information content (AvgIpc) is 3.08. The Balaban J connectivity index is -0.0000000993. The second-order valence-electron chi connectivity index (χ2n) is 9.78. The summed E-state index contributed by atoms with van der Waals surface area (Å²) in [4.78, 5) is 16.4. The van der Waals surface area contributed by atoms with Crippen molar-refractivity contribution in [3.05, 3.63) is 111 Å². The van der Waals surface area contributed by atoms with Crippen LogP contribution in [0.5, 0.6) is 5.75 Å². The van der Waals surface area contributed by atoms with E-state index in [4.69, 9.17) is 4.74 Å². The molecule has 0 saturated carbocycles. The van der Waals surface area contributed by atoms with Gasteiger partial charge < -0.3 is 9.64 Å². The van der Waals surface area contributed by atoms with Gasteiger partial charge in [0.2, 0.25) is 6.41 Å². The van der Waals surface area contributed by atoms with E-state index >= 15 is 0 Å². The van der Waals surface area contributed by atoms with Crippen molar-refractivity contribution in [3.63, 3.8) is 0 Å². The SMILES string of the molecule is C/C=C\CC.C=C.C=C.C=CCC.CC.CC.CC.CC(C)(C)C.Cc1c(CN(C)C=O)cccc1O[C@@H](C)c1ccncc1. The van der Waals surface area contributed by atoms with E-state index in [-0.39, 0.29) is 6.10 Å². The van der Waals surface area contributed by atoms with Crippen LogP contribution in [-0.2, 0) is 11.3 Å². The highest BCUT2D eigenvalue weighted by molar-refractivity contribution is 5.48. The minimum absolute atomic E-state index is 0.0502. The first-order valence-corrected chi connectivity index (χ1v) is 16.5. The summed E-state index contributed by atoms with van der Waals surface area (Å²) in [5.74, 6) is 0.844. The maximum absolute atomic E-state index is 10.8. The number of allylic oxidation sites excluding steroid dienone is 3. The van der Waals surface area contributed by atoms with E-state index in [2.05, 4.69) is 91.6 Å². The van der Waals surface area contributed by atoms with E-state index in [0.717, 1.165) is 41.7 Å². The molecule has 0 fully saturated rings. The van der Waals surface area contributed by atoms with E-state index in [0.29, 0.717) is 12.0 Å². The van der Waals surface area contributed by atoms with Crippen molar-refractivity contribution in [3.8, 4) is 5.75 Å². The van der Waals surface area contributed by atoms with Crippen molar-refractivity contribution in [1.29, 1.82) is 0 Å². The number of rotatable bonds is 8. The summed E-state index contributed by atoms with van der Waals surface area (Å²) < 4.78 is 6.05. The Hall–Kier alpha value is -3.40. The third-order valence-corrected chi connectivity index (χ3v) is 4.24. The van der Waals surface area contributed by atoms with Gasteiger partial charge in [0.1, 0.15) is 11.9 Å². The Morgan fingerprint density at radius 2 is 1.31 bits per heavy atom. The average molecular weight is 629 g/mol. The molecule has 0 saturated heterocycles. The van der Waals surface area contributed by atoms with E-state index in [1.807, 2.05) is 98.7 Å². The predicted molar refractivity (Wildman–Crippen MR) is 209 cm³/mol. The van der Waals surface area contributed by atoms with Crippen LogP contribution in [-0.4, -0.2) is 23.3 Å². The Bertz CT molecular complexity index is 848. The summed E-state index contributed by atoms with van der Waals surface area (Å²) in [7, 11) is 1.76. The fraction of sp³-hybridized carbons (Fsp3) is 0.512. The number of carbonyl (C=O) groups is 1. The highest BCUT2D eigenvalue weighted by atomic mass is 16.5. The lowest BCUT2D eigenvalue weighted by atomic mass is 10.0. The van der Waals surface area contributed by atoms with Gasteiger partial charge in [-0.25, -0.2) is 0 Å². The van der Waals surface area contributed by atoms with Crippen LogP contribution in [0.15, 0.2) is 93.8 Å². The number of carbonyl (C=O) groups excluding carboxylic acids is 1. The van der Waals surface area contributed by atoms with Gasteiger partial charge in [-0.05, 0) is 73.9 Å². The lowest BCUT2D eigenvalue weighted by Gasteiger charge is -2.19. The third-order valence-electron chi connectivity index (χ3n) is 4.24. The maximum Gasteiger partial charge on any atom is 0.209 e. The molecule has 1 aromatic heterocycles. The summed E-state index contributed by atoms with van der Waals surface area (Å²) in [6, 6.07) is 9.82. The standard InChI is InChI=1S/C17H20N2O2.C5H12.C5H10.C4H8.3C2H6.2C2H4/c1-13-16(11-19(3)12-20)5-4-6-17(13)21-14(2)15-7-9-18-10-8-15;1-5(2,3)4;1-3-5-4-2;1-3-4-2;5*1-2/h4-10,12,14H,11H2,1-3H3;1-4H3;3,5H,4H2,1-2H3;3H,1,4H2,2H3;3*1-2H3;2*1-2H2/b;;5-3-;;;;;;/t14-;;;;;;;;/m0......../s1. The number of hydrogen-bond donors (Lipinski definition) is 0. The van der Waals surface area contributed by atoms with Crippen molar-refractivity contribution in [2.24, 2.45) is 5.41 Å². The quantitative estimate of drug-likeness (QED) is 0.216.